The molecule has 2 saturated heterocycles. The molecule has 2 aliphatic heterocycles. The molecule has 2 aromatic carbocycles. The van der Waals surface area contributed by atoms with Crippen LogP contribution in [0.3, 0.4) is 0 Å². The molecule has 2 heterocycles. The lowest BCUT2D eigenvalue weighted by Crippen LogP contribution is -2.76. The van der Waals surface area contributed by atoms with Crippen molar-refractivity contribution < 1.29 is 14.4 Å². The number of benzene rings is 2. The summed E-state index contributed by atoms with van der Waals surface area (Å²) < 4.78 is 0. The molecule has 4 rings (SSSR count). The SMILES string of the molecule is C#CCN1CC(=O)N2[C@@H](CC(C)C)C(=O)N(CCCCc3ccccc3)C[C@@H]2N1C(=O)NCc1ccccc1. The lowest BCUT2D eigenvalue weighted by atomic mass is 9.96. The Morgan fingerprint density at radius 1 is 1.03 bits per heavy atom. The van der Waals surface area contributed by atoms with Gasteiger partial charge in [0.15, 0.2) is 0 Å². The Bertz CT molecular complexity index is 1160. The average molecular weight is 530 g/mol. The molecule has 8 nitrogen and oxygen atoms in total. The minimum atomic E-state index is -0.619. The first kappa shape index (κ1) is 28.2. The van der Waals surface area contributed by atoms with E-state index in [9.17, 15) is 14.4 Å². The highest BCUT2D eigenvalue weighted by Crippen LogP contribution is 2.29. The molecule has 0 bridgehead atoms. The van der Waals surface area contributed by atoms with Crippen molar-refractivity contribution in [2.24, 2.45) is 5.92 Å². The summed E-state index contributed by atoms with van der Waals surface area (Å²) in [6.07, 6.45) is 8.27. The quantitative estimate of drug-likeness (QED) is 0.378. The Balaban J connectivity index is 1.53. The monoisotopic (exact) mass is 529 g/mol. The molecule has 2 aliphatic rings. The number of hydrogen-bond donors (Lipinski definition) is 1. The van der Waals surface area contributed by atoms with Crippen molar-refractivity contribution in [1.82, 2.24) is 25.1 Å². The van der Waals surface area contributed by atoms with E-state index in [2.05, 4.69) is 23.4 Å². The molecule has 2 atom stereocenters. The molecule has 0 radical (unpaired) electrons. The molecule has 0 spiro atoms. The summed E-state index contributed by atoms with van der Waals surface area (Å²) in [6.45, 7) is 5.35. The minimum Gasteiger partial charge on any atom is -0.337 e. The van der Waals surface area contributed by atoms with E-state index in [0.717, 1.165) is 24.8 Å². The maximum absolute atomic E-state index is 13.7. The van der Waals surface area contributed by atoms with Gasteiger partial charge < -0.3 is 15.1 Å². The van der Waals surface area contributed by atoms with Gasteiger partial charge in [0.1, 0.15) is 12.2 Å². The predicted molar refractivity (Wildman–Crippen MR) is 151 cm³/mol. The number of aryl methyl sites for hydroxylation is 1. The summed E-state index contributed by atoms with van der Waals surface area (Å²) in [7, 11) is 0. The third-order valence-corrected chi connectivity index (χ3v) is 7.28. The first-order valence-electron chi connectivity index (χ1n) is 13.8. The molecule has 206 valence electrons. The Kier molecular flexibility index (Phi) is 9.61. The van der Waals surface area contributed by atoms with Crippen molar-refractivity contribution in [1.29, 1.82) is 0 Å². The van der Waals surface area contributed by atoms with Crippen LogP contribution in [0, 0.1) is 18.3 Å². The number of terminal acetylenes is 1. The largest absolute Gasteiger partial charge is 0.337 e. The van der Waals surface area contributed by atoms with Gasteiger partial charge >= 0.3 is 6.03 Å². The highest BCUT2D eigenvalue weighted by Gasteiger charge is 2.51. The molecule has 0 aromatic heterocycles. The molecule has 8 heteroatoms. The summed E-state index contributed by atoms with van der Waals surface area (Å²) in [5.74, 6) is 2.57. The molecule has 2 aromatic rings. The van der Waals surface area contributed by atoms with Gasteiger partial charge in [-0.1, -0.05) is 80.4 Å². The highest BCUT2D eigenvalue weighted by atomic mass is 16.2. The van der Waals surface area contributed by atoms with Crippen LogP contribution in [0.4, 0.5) is 4.79 Å². The number of amides is 4. The van der Waals surface area contributed by atoms with Gasteiger partial charge in [-0.15, -0.1) is 6.42 Å². The summed E-state index contributed by atoms with van der Waals surface area (Å²) in [4.78, 5) is 44.2. The molecular formula is C31H39N5O3. The van der Waals surface area contributed by atoms with Gasteiger partial charge in [0.2, 0.25) is 11.8 Å². The van der Waals surface area contributed by atoms with E-state index in [1.807, 2.05) is 67.3 Å². The van der Waals surface area contributed by atoms with Crippen LogP contribution in [0.5, 0.6) is 0 Å². The number of carbonyl (C=O) groups is 3. The van der Waals surface area contributed by atoms with Gasteiger partial charge in [-0.25, -0.2) is 9.80 Å². The number of carbonyl (C=O) groups excluding carboxylic acids is 3. The third-order valence-electron chi connectivity index (χ3n) is 7.28. The topological polar surface area (TPSA) is 76.2 Å². The number of unbranched alkanes of at least 4 members (excludes halogenated alkanes) is 1. The van der Waals surface area contributed by atoms with Crippen molar-refractivity contribution in [2.45, 2.75) is 58.3 Å². The van der Waals surface area contributed by atoms with Crippen molar-refractivity contribution in [2.75, 3.05) is 26.2 Å². The number of piperazine rings is 1. The number of nitrogens with zero attached hydrogens (tertiary/aromatic N) is 4. The van der Waals surface area contributed by atoms with Crippen LogP contribution in [-0.4, -0.2) is 76.0 Å². The molecule has 0 unspecified atom stereocenters. The molecule has 0 saturated carbocycles. The van der Waals surface area contributed by atoms with Gasteiger partial charge in [0.05, 0.1) is 19.6 Å². The molecule has 39 heavy (non-hydrogen) atoms. The number of nitrogens with one attached hydrogen (secondary N) is 1. The summed E-state index contributed by atoms with van der Waals surface area (Å²) in [6, 6.07) is 19.0. The molecule has 1 N–H and O–H groups in total. The molecule has 0 aliphatic carbocycles. The first-order chi connectivity index (χ1) is 18.9. The van der Waals surface area contributed by atoms with Crippen molar-refractivity contribution >= 4 is 17.8 Å². The van der Waals surface area contributed by atoms with E-state index in [1.54, 1.807) is 14.9 Å². The zero-order valence-electron chi connectivity index (χ0n) is 23.0. The Morgan fingerprint density at radius 3 is 2.33 bits per heavy atom. The van der Waals surface area contributed by atoms with Gasteiger partial charge in [-0.2, -0.15) is 5.01 Å². The van der Waals surface area contributed by atoms with Crippen molar-refractivity contribution in [3.8, 4) is 12.3 Å². The molecule has 4 amide bonds. The molecular weight excluding hydrogens is 490 g/mol. The maximum atomic E-state index is 13.7. The number of urea groups is 1. The van der Waals surface area contributed by atoms with E-state index in [-0.39, 0.29) is 43.4 Å². The van der Waals surface area contributed by atoms with Crippen LogP contribution in [0.1, 0.15) is 44.2 Å². The normalized spacial score (nSPS) is 19.7. The second-order valence-electron chi connectivity index (χ2n) is 10.7. The summed E-state index contributed by atoms with van der Waals surface area (Å²) in [5.41, 5.74) is 2.24. The standard InChI is InChI=1S/C31H39N5O3/c1-4-18-34-23-29(37)35-27(20-24(2)3)30(38)33(19-12-11-15-25-13-7-5-8-14-25)22-28(35)36(34)31(39)32-21-26-16-9-6-10-17-26/h1,5-10,13-14,16-17,24,27-28H,11-12,15,18-23H2,2-3H3,(H,32,39)/t27-,28-/m0/s1. The second-order valence-corrected chi connectivity index (χ2v) is 10.7. The van der Waals surface area contributed by atoms with Crippen LogP contribution < -0.4 is 5.32 Å². The smallest absolute Gasteiger partial charge is 0.334 e. The fourth-order valence-electron chi connectivity index (χ4n) is 5.44. The predicted octanol–water partition coefficient (Wildman–Crippen LogP) is 3.50. The highest BCUT2D eigenvalue weighted by molar-refractivity contribution is 5.91. The van der Waals surface area contributed by atoms with E-state index in [1.165, 1.54) is 5.56 Å². The van der Waals surface area contributed by atoms with Gasteiger partial charge in [-0.3, -0.25) is 9.59 Å². The van der Waals surface area contributed by atoms with E-state index in [0.29, 0.717) is 19.5 Å². The lowest BCUT2D eigenvalue weighted by Gasteiger charge is -2.55. The Morgan fingerprint density at radius 2 is 1.69 bits per heavy atom. The Hall–Kier alpha value is -3.83. The van der Waals surface area contributed by atoms with Crippen LogP contribution >= 0.6 is 0 Å². The fourth-order valence-corrected chi connectivity index (χ4v) is 5.44. The second kappa shape index (κ2) is 13.3. The van der Waals surface area contributed by atoms with Crippen LogP contribution in [0.25, 0.3) is 0 Å². The number of hydrazine groups is 1. The fraction of sp³-hybridized carbons (Fsp3) is 0.452. The van der Waals surface area contributed by atoms with E-state index >= 15 is 0 Å². The van der Waals surface area contributed by atoms with Crippen molar-refractivity contribution in [3.63, 3.8) is 0 Å². The maximum Gasteiger partial charge on any atom is 0.334 e. The van der Waals surface area contributed by atoms with Crippen molar-refractivity contribution in [3.05, 3.63) is 71.8 Å². The average Bonchev–Trinajstić information content (AvgIpc) is 2.93. The van der Waals surface area contributed by atoms with Crippen LogP contribution in [-0.2, 0) is 22.6 Å². The van der Waals surface area contributed by atoms with Gasteiger partial charge in [0.25, 0.3) is 0 Å². The zero-order valence-corrected chi connectivity index (χ0v) is 23.0. The van der Waals surface area contributed by atoms with E-state index < -0.39 is 12.2 Å². The van der Waals surface area contributed by atoms with E-state index in [4.69, 9.17) is 6.42 Å². The number of rotatable bonds is 10. The van der Waals surface area contributed by atoms with Gasteiger partial charge in [0, 0.05) is 13.1 Å². The van der Waals surface area contributed by atoms with Gasteiger partial charge in [-0.05, 0) is 42.7 Å². The van der Waals surface area contributed by atoms with Crippen LogP contribution in [0.15, 0.2) is 60.7 Å². The Labute approximate surface area is 231 Å². The minimum absolute atomic E-state index is 0.0388. The molecule has 2 fully saturated rings. The number of fused-ring (bicyclic) bond motifs is 1. The first-order valence-corrected chi connectivity index (χ1v) is 13.8. The van der Waals surface area contributed by atoms with Crippen LogP contribution in [0.2, 0.25) is 0 Å². The lowest BCUT2D eigenvalue weighted by molar-refractivity contribution is -0.189. The third kappa shape index (κ3) is 6.98. The summed E-state index contributed by atoms with van der Waals surface area (Å²) >= 11 is 0. The zero-order chi connectivity index (χ0) is 27.8. The summed E-state index contributed by atoms with van der Waals surface area (Å²) in [5, 5.41) is 6.19. The number of hydrogen-bond acceptors (Lipinski definition) is 4.